The van der Waals surface area contributed by atoms with E-state index in [1.165, 1.54) is 11.3 Å². The molecule has 27 heavy (non-hydrogen) atoms. The molecule has 3 nitrogen and oxygen atoms in total. The molecule has 0 saturated heterocycles. The summed E-state index contributed by atoms with van der Waals surface area (Å²) in [5.74, 6) is 0.453. The molecule has 0 aliphatic heterocycles. The second kappa shape index (κ2) is 17.0. The number of aryl methyl sites for hydroxylation is 1. The van der Waals surface area contributed by atoms with Gasteiger partial charge in [0, 0.05) is 56.6 Å². The molecule has 0 radical (unpaired) electrons. The summed E-state index contributed by atoms with van der Waals surface area (Å²) in [6, 6.07) is 7.73. The Bertz CT molecular complexity index is 708. The van der Waals surface area contributed by atoms with Crippen LogP contribution in [0.2, 0.25) is 0 Å². The molecule has 0 spiro atoms. The van der Waals surface area contributed by atoms with E-state index in [4.69, 9.17) is 4.74 Å². The number of carbonyl (C=O) groups is 1. The summed E-state index contributed by atoms with van der Waals surface area (Å²) in [6.07, 6.45) is 2.26. The van der Waals surface area contributed by atoms with Crippen LogP contribution >= 0.6 is 22.7 Å². The van der Waals surface area contributed by atoms with Crippen molar-refractivity contribution in [1.82, 2.24) is 0 Å². The minimum absolute atomic E-state index is 0. The van der Waals surface area contributed by atoms with Crippen LogP contribution in [0.5, 0.6) is 0 Å². The first kappa shape index (κ1) is 29.3. The van der Waals surface area contributed by atoms with E-state index in [-0.39, 0.29) is 66.7 Å². The SMILES string of the molecule is C.CC.Cc1[c-]sc(=Nc2ccccc2CC(=O)OCCCC(C)C)s1.[Yb]. The number of rotatable bonds is 7. The van der Waals surface area contributed by atoms with E-state index in [1.807, 2.05) is 45.0 Å². The zero-order valence-corrected chi connectivity index (χ0v) is 19.4. The Hall–Kier alpha value is 0.0595. The molecule has 160 valence electrons. The molecule has 2 aromatic rings. The summed E-state index contributed by atoms with van der Waals surface area (Å²) in [5, 5.41) is 3.17. The number of para-hydroxylation sites is 1. The van der Waals surface area contributed by atoms with Crippen LogP contribution < -0.4 is 3.98 Å². The fraction of sp³-hybridized carbons (Fsp3) is 0.524. The Balaban J connectivity index is 0. The number of hydrogen-bond donors (Lipinski definition) is 0. The minimum Gasteiger partial charge on any atom is -0.465 e. The molecule has 0 fully saturated rings. The Morgan fingerprint density at radius 2 is 1.93 bits per heavy atom. The molecule has 1 aromatic carbocycles. The van der Waals surface area contributed by atoms with Crippen molar-refractivity contribution >= 4 is 34.3 Å². The molecular formula is C21H32NO2S2Yb-. The van der Waals surface area contributed by atoms with E-state index in [9.17, 15) is 4.79 Å². The molecule has 1 heterocycles. The molecule has 0 atom stereocenters. The van der Waals surface area contributed by atoms with E-state index >= 15 is 0 Å². The Labute approximate surface area is 211 Å². The van der Waals surface area contributed by atoms with E-state index in [1.54, 1.807) is 11.3 Å². The van der Waals surface area contributed by atoms with Gasteiger partial charge in [0.2, 0.25) is 0 Å². The van der Waals surface area contributed by atoms with Gasteiger partial charge in [-0.1, -0.05) is 58.2 Å². The van der Waals surface area contributed by atoms with Crippen LogP contribution in [-0.2, 0) is 16.0 Å². The van der Waals surface area contributed by atoms with Crippen LogP contribution in [0.3, 0.4) is 0 Å². The summed E-state index contributed by atoms with van der Waals surface area (Å²) in [4.78, 5) is 17.8. The van der Waals surface area contributed by atoms with Crippen molar-refractivity contribution in [2.45, 2.75) is 61.3 Å². The minimum atomic E-state index is -0.186. The monoisotopic (exact) mass is 568 g/mol. The van der Waals surface area contributed by atoms with Crippen molar-refractivity contribution in [3.8, 4) is 0 Å². The third-order valence-electron chi connectivity index (χ3n) is 3.25. The first-order chi connectivity index (χ1) is 12.0. The van der Waals surface area contributed by atoms with E-state index in [0.29, 0.717) is 12.5 Å². The molecule has 2 rings (SSSR count). The zero-order valence-electron chi connectivity index (χ0n) is 16.1. The molecule has 0 saturated carbocycles. The van der Waals surface area contributed by atoms with Gasteiger partial charge in [0.05, 0.1) is 13.0 Å². The van der Waals surface area contributed by atoms with Gasteiger partial charge in [-0.05, 0) is 37.3 Å². The van der Waals surface area contributed by atoms with Gasteiger partial charge in [-0.25, -0.2) is 11.3 Å². The summed E-state index contributed by atoms with van der Waals surface area (Å²) < 4.78 is 6.27. The average Bonchev–Trinajstić information content (AvgIpc) is 3.00. The largest absolute Gasteiger partial charge is 0.465 e. The summed E-state index contributed by atoms with van der Waals surface area (Å²) >= 11 is 3.11. The Morgan fingerprint density at radius 1 is 1.26 bits per heavy atom. The molecule has 0 amide bonds. The molecule has 0 aliphatic carbocycles. The predicted octanol–water partition coefficient (Wildman–Crippen LogP) is 6.33. The molecular weight excluding hydrogens is 535 g/mol. The van der Waals surface area contributed by atoms with Gasteiger partial charge < -0.3 is 21.1 Å². The number of ether oxygens (including phenoxy) is 1. The quantitative estimate of drug-likeness (QED) is 0.223. The summed E-state index contributed by atoms with van der Waals surface area (Å²) in [7, 11) is 0. The number of hydrogen-bond acceptors (Lipinski definition) is 5. The third kappa shape index (κ3) is 12.3. The maximum absolute atomic E-state index is 12.0. The van der Waals surface area contributed by atoms with Crippen LogP contribution in [0.15, 0.2) is 29.3 Å². The predicted molar refractivity (Wildman–Crippen MR) is 114 cm³/mol. The van der Waals surface area contributed by atoms with E-state index in [2.05, 4.69) is 24.2 Å². The smallest absolute Gasteiger partial charge is 0.310 e. The van der Waals surface area contributed by atoms with Gasteiger partial charge in [-0.15, -0.1) is 0 Å². The maximum atomic E-state index is 12.0. The first-order valence-corrected chi connectivity index (χ1v) is 10.4. The van der Waals surface area contributed by atoms with Crippen molar-refractivity contribution in [2.75, 3.05) is 6.61 Å². The standard InChI is InChI=1S/C18H22NO2S2.C2H6.CH4.Yb/c1-13(2)7-6-10-21-17(20)11-15-8-4-5-9-16(15)19-18-22-12-14(3)23-18;1-2;;/h4-5,8-9,13H,6-7,10-11H2,1-3H3;1-2H3;1H4;/q-1;;;. The summed E-state index contributed by atoms with van der Waals surface area (Å²) in [6.45, 7) is 10.9. The number of esters is 1. The molecule has 1 aromatic heterocycles. The van der Waals surface area contributed by atoms with Gasteiger partial charge in [-0.3, -0.25) is 4.79 Å². The van der Waals surface area contributed by atoms with Crippen LogP contribution in [0.25, 0.3) is 0 Å². The zero-order chi connectivity index (χ0) is 18.7. The van der Waals surface area contributed by atoms with Crippen LogP contribution in [0.1, 0.15) is 58.4 Å². The maximum Gasteiger partial charge on any atom is 0.310 e. The van der Waals surface area contributed by atoms with Gasteiger partial charge in [-0.2, -0.15) is 5.38 Å². The number of benzene rings is 1. The van der Waals surface area contributed by atoms with Gasteiger partial charge >= 0.3 is 5.97 Å². The molecule has 0 unspecified atom stereocenters. The Morgan fingerprint density at radius 3 is 2.52 bits per heavy atom. The van der Waals surface area contributed by atoms with Gasteiger partial charge in [0.15, 0.2) is 0 Å². The topological polar surface area (TPSA) is 38.7 Å². The third-order valence-corrected chi connectivity index (χ3v) is 5.23. The van der Waals surface area contributed by atoms with Crippen molar-refractivity contribution in [1.29, 1.82) is 0 Å². The van der Waals surface area contributed by atoms with Crippen LogP contribution in [0.4, 0.5) is 5.69 Å². The van der Waals surface area contributed by atoms with E-state index in [0.717, 1.165) is 33.0 Å². The van der Waals surface area contributed by atoms with Crippen molar-refractivity contribution in [2.24, 2.45) is 10.9 Å². The van der Waals surface area contributed by atoms with Crippen LogP contribution in [-0.4, -0.2) is 12.6 Å². The van der Waals surface area contributed by atoms with Crippen molar-refractivity contribution < 1.29 is 56.5 Å². The fourth-order valence-electron chi connectivity index (χ4n) is 2.09. The van der Waals surface area contributed by atoms with E-state index < -0.39 is 0 Å². The average molecular weight is 568 g/mol. The molecule has 0 aliphatic rings. The van der Waals surface area contributed by atoms with Crippen molar-refractivity contribution in [3.05, 3.63) is 44.1 Å². The fourth-order valence-corrected chi connectivity index (χ4v) is 3.82. The molecule has 0 bridgehead atoms. The normalized spacial score (nSPS) is 10.4. The number of carbonyl (C=O) groups excluding carboxylic acids is 1. The van der Waals surface area contributed by atoms with Gasteiger partial charge in [0.1, 0.15) is 0 Å². The molecule has 0 N–H and O–H groups in total. The number of nitrogens with zero attached hydrogens (tertiary/aromatic N) is 1. The second-order valence-corrected chi connectivity index (χ2v) is 8.06. The summed E-state index contributed by atoms with van der Waals surface area (Å²) in [5.41, 5.74) is 1.73. The second-order valence-electron chi connectivity index (χ2n) is 5.80. The Kier molecular flexibility index (Phi) is 18.4. The molecule has 6 heteroatoms. The first-order valence-electron chi connectivity index (χ1n) is 8.81. The van der Waals surface area contributed by atoms with Crippen LogP contribution in [0, 0.1) is 65.1 Å². The van der Waals surface area contributed by atoms with Crippen molar-refractivity contribution in [3.63, 3.8) is 0 Å². The van der Waals surface area contributed by atoms with Gasteiger partial charge in [0.25, 0.3) is 0 Å².